The number of nitrogens with zero attached hydrogens (tertiary/aromatic N) is 12. The van der Waals surface area contributed by atoms with Crippen molar-refractivity contribution in [2.45, 2.75) is 102 Å². The highest BCUT2D eigenvalue weighted by molar-refractivity contribution is 7.15. The summed E-state index contributed by atoms with van der Waals surface area (Å²) in [7, 11) is 0. The van der Waals surface area contributed by atoms with Crippen molar-refractivity contribution in [1.82, 2.24) is 61.1 Å². The van der Waals surface area contributed by atoms with Crippen LogP contribution in [-0.4, -0.2) is 171 Å². The molecule has 23 nitrogen and oxygen atoms in total. The van der Waals surface area contributed by atoms with Crippen LogP contribution in [-0.2, 0) is 0 Å². The van der Waals surface area contributed by atoms with Gasteiger partial charge in [-0.2, -0.15) is 13.2 Å². The van der Waals surface area contributed by atoms with Crippen LogP contribution in [0.5, 0.6) is 0 Å². The van der Waals surface area contributed by atoms with E-state index in [1.165, 1.54) is 71.2 Å². The minimum absolute atomic E-state index is 0. The van der Waals surface area contributed by atoms with Crippen molar-refractivity contribution in [3.05, 3.63) is 203 Å². The average molecular weight is 1530 g/mol. The minimum atomic E-state index is -4.42. The van der Waals surface area contributed by atoms with E-state index in [9.17, 15) is 45.1 Å². The molecular formula is C77H107F7N20O3S. The zero-order valence-electron chi connectivity index (χ0n) is 60.7. The van der Waals surface area contributed by atoms with Gasteiger partial charge in [-0.15, -0.1) is 11.3 Å². The Kier molecular flexibility index (Phi) is 25.9. The van der Waals surface area contributed by atoms with Crippen LogP contribution in [0, 0.1) is 12.8 Å². The number of anilines is 8. The lowest BCUT2D eigenvalue weighted by Gasteiger charge is -2.36. The second-order valence-electron chi connectivity index (χ2n) is 27.8. The van der Waals surface area contributed by atoms with E-state index in [0.29, 0.717) is 67.6 Å². The zero-order chi connectivity index (χ0) is 77.9. The molecule has 0 amide bonds. The van der Waals surface area contributed by atoms with E-state index >= 15 is 0 Å². The first-order valence-electron chi connectivity index (χ1n) is 35.2. The molecule has 588 valence electrons. The summed E-state index contributed by atoms with van der Waals surface area (Å²) < 4.78 is 94.9. The predicted octanol–water partition coefficient (Wildman–Crippen LogP) is 13.4. The van der Waals surface area contributed by atoms with E-state index in [1.807, 2.05) is 17.0 Å². The molecule has 8 aromatic heterocycles. The molecule has 108 heavy (non-hydrogen) atoms. The fourth-order valence-corrected chi connectivity index (χ4v) is 14.5. The van der Waals surface area contributed by atoms with Crippen LogP contribution in [0.15, 0.2) is 136 Å². The first-order chi connectivity index (χ1) is 51.3. The Morgan fingerprint density at radius 2 is 0.907 bits per heavy atom. The van der Waals surface area contributed by atoms with Crippen LogP contribution in [0.3, 0.4) is 0 Å². The molecule has 0 radical (unpaired) electrons. The SMILES string of the molecule is C=C(F)c1ccc(N2CC3CCC(C2)N3)nc1C(=O)c1cccnc1N.C=C(F)c1ccc(N2CCNC(C(F)(F)F)C2)nc1C(=O)c1cccnc1N.C=C(F)c1ccc(N2CCNC(CC(C)(C)F)C2)nc1C(=O)c1cccnc1N.C=C(c1cccnc1N)c1nc(N2CCN[C@@H](CC(C)C)C2)sc1C.[HH].[HH].[HH].[HH].[HH].[HH].[HH].[HH].[HH]. The summed E-state index contributed by atoms with van der Waals surface area (Å²) in [6.45, 7) is 30.2. The first kappa shape index (κ1) is 80.0. The molecule has 0 saturated carbocycles. The van der Waals surface area contributed by atoms with Crippen molar-refractivity contribution in [1.29, 1.82) is 0 Å². The summed E-state index contributed by atoms with van der Waals surface area (Å²) in [5, 5.41) is 14.0. The van der Waals surface area contributed by atoms with Crippen LogP contribution < -0.4 is 63.8 Å². The van der Waals surface area contributed by atoms with E-state index in [0.717, 1.165) is 67.5 Å². The van der Waals surface area contributed by atoms with Gasteiger partial charge in [-0.05, 0) is 137 Å². The maximum Gasteiger partial charge on any atom is 0.405 e. The Bertz CT molecular complexity index is 4660. The molecule has 5 saturated heterocycles. The van der Waals surface area contributed by atoms with Crippen LogP contribution in [0.25, 0.3) is 23.1 Å². The minimum Gasteiger partial charge on any atom is -0.383 e. The Hall–Kier alpha value is -10.6. The molecule has 8 aromatic rings. The molecule has 5 fully saturated rings. The number of alkyl halides is 4. The van der Waals surface area contributed by atoms with E-state index in [4.69, 9.17) is 27.9 Å². The maximum absolute atomic E-state index is 14.1. The number of thiazole rings is 1. The molecule has 5 atom stereocenters. The van der Waals surface area contributed by atoms with Gasteiger partial charge < -0.3 is 63.8 Å². The topological polar surface area (TPSA) is 319 Å². The molecule has 31 heteroatoms. The van der Waals surface area contributed by atoms with Crippen molar-refractivity contribution in [3.8, 4) is 0 Å². The summed E-state index contributed by atoms with van der Waals surface area (Å²) in [5.74, 6) is -1.42. The second kappa shape index (κ2) is 35.0. The number of ketones is 3. The lowest BCUT2D eigenvalue weighted by atomic mass is 9.99. The van der Waals surface area contributed by atoms with Crippen molar-refractivity contribution in [2.24, 2.45) is 5.92 Å². The first-order valence-corrected chi connectivity index (χ1v) is 36.1. The Labute approximate surface area is 639 Å². The second-order valence-corrected chi connectivity index (χ2v) is 29.0. The quantitative estimate of drug-likeness (QED) is 0.0275. The van der Waals surface area contributed by atoms with Crippen LogP contribution in [0.4, 0.5) is 76.6 Å². The lowest BCUT2D eigenvalue weighted by molar-refractivity contribution is -0.155. The average Bonchev–Trinajstić information content (AvgIpc) is 0.898. The van der Waals surface area contributed by atoms with Crippen LogP contribution in [0.1, 0.15) is 147 Å². The molecule has 0 aromatic carbocycles. The lowest BCUT2D eigenvalue weighted by Crippen LogP contribution is -2.57. The monoisotopic (exact) mass is 1520 g/mol. The zero-order valence-corrected chi connectivity index (χ0v) is 61.6. The van der Waals surface area contributed by atoms with Crippen molar-refractivity contribution >= 4 is 97.6 Å². The Morgan fingerprint density at radius 1 is 0.519 bits per heavy atom. The normalized spacial score (nSPS) is 18.5. The molecule has 12 N–H and O–H groups in total. The standard InChI is InChI=1S/C21H25F2N5O.C19H20FN5O.C19H27N5S.C18H17F4N5O.9H2/c1-13(22)15-6-7-17(28-10-9-25-14(12-28)11-21(2,3)23)27-18(15)19(29)16-5-4-8-26-20(16)24;1-11(20)14-6-7-16(25-9-12-4-5-13(10-25)23-12)24-17(14)18(26)15-3-2-8-22-19(15)21;1-12(2)10-15-11-24(9-8-21-15)19-23-17(14(4)25-19)13(3)16-6-5-7-22-18(16)20;1-10(19)11-4-5-14(27-8-7-24-13(9-27)18(20,21)22)26-15(11)16(28)12-3-2-6-25-17(12)23;;;;;;;;;/h4-8,14,25H,1,9-12H2,2-3H3,(H2,24,26);2-3,6-8,12-13,23H,1,4-5,9-10H2,(H2,21,22);5-7,12,15,21H,3,8-11H2,1-2,4H3,(H2,20,22);2-6,13,24H,1,7-9H2,(H2,23,25);9*1H/t;;15-;;;;;;;;;;/m..0........../s1. The number of carbonyl (C=O) groups excluding carboxylic acids is 3. The number of halogens is 7. The third kappa shape index (κ3) is 20.0. The van der Waals surface area contributed by atoms with Crippen molar-refractivity contribution in [2.75, 3.05) is 115 Å². The third-order valence-corrected chi connectivity index (χ3v) is 19.7. The van der Waals surface area contributed by atoms with E-state index in [1.54, 1.807) is 67.8 Å². The number of aryl methyl sites for hydroxylation is 1. The van der Waals surface area contributed by atoms with Gasteiger partial charge >= 0.3 is 6.18 Å². The van der Waals surface area contributed by atoms with Gasteiger partial charge in [0.1, 0.15) is 87.0 Å². The molecule has 13 heterocycles. The number of pyridine rings is 7. The summed E-state index contributed by atoms with van der Waals surface area (Å²) in [5.41, 5.74) is 24.7. The van der Waals surface area contributed by atoms with Gasteiger partial charge in [-0.25, -0.2) is 57.4 Å². The van der Waals surface area contributed by atoms with E-state index in [2.05, 4.69) is 113 Å². The summed E-state index contributed by atoms with van der Waals surface area (Å²) in [6.07, 6.45) is 5.45. The summed E-state index contributed by atoms with van der Waals surface area (Å²) >= 11 is 1.74. The predicted molar refractivity (Wildman–Crippen MR) is 432 cm³/mol. The number of nitrogens with two attached hydrogens (primary N) is 4. The number of hydrogen-bond donors (Lipinski definition) is 8. The fourth-order valence-electron chi connectivity index (χ4n) is 13.5. The number of rotatable bonds is 19. The van der Waals surface area contributed by atoms with Gasteiger partial charge in [-0.3, -0.25) is 14.4 Å². The van der Waals surface area contributed by atoms with Gasteiger partial charge in [0.15, 0.2) is 5.13 Å². The number of aromatic nitrogens is 8. The van der Waals surface area contributed by atoms with Crippen molar-refractivity contribution < 1.29 is 58.0 Å². The van der Waals surface area contributed by atoms with Gasteiger partial charge in [0, 0.05) is 166 Å². The Morgan fingerprint density at radius 3 is 1.31 bits per heavy atom. The van der Waals surface area contributed by atoms with Gasteiger partial charge in [0.2, 0.25) is 17.3 Å². The van der Waals surface area contributed by atoms with E-state index < -0.39 is 52.7 Å². The van der Waals surface area contributed by atoms with Gasteiger partial charge in [0.05, 0.1) is 22.4 Å². The number of nitrogens with one attached hydrogen (secondary N) is 4. The van der Waals surface area contributed by atoms with Gasteiger partial charge in [-0.1, -0.05) is 40.2 Å². The number of fused-ring (bicyclic) bond motifs is 2. The summed E-state index contributed by atoms with van der Waals surface area (Å²) in [4.78, 5) is 81.7. The van der Waals surface area contributed by atoms with Crippen LogP contribution in [0.2, 0.25) is 0 Å². The number of carbonyl (C=O) groups is 3. The highest BCUT2D eigenvalue weighted by Gasteiger charge is 2.43. The fraction of sp³-hybridized carbons (Fsp3) is 0.364. The molecule has 2 bridgehead atoms. The molecule has 13 rings (SSSR count). The molecule has 5 aliphatic heterocycles. The Balaban J connectivity index is 0.000000761. The molecule has 5 aliphatic rings. The van der Waals surface area contributed by atoms with E-state index in [-0.39, 0.29) is 112 Å². The molecular weight excluding hydrogens is 1420 g/mol. The smallest absolute Gasteiger partial charge is 0.383 e. The molecule has 0 spiro atoms. The molecule has 4 unspecified atom stereocenters. The summed E-state index contributed by atoms with van der Waals surface area (Å²) in [6, 6.07) is 21.7. The maximum atomic E-state index is 14.1. The van der Waals surface area contributed by atoms with Crippen LogP contribution >= 0.6 is 11.3 Å². The largest absolute Gasteiger partial charge is 0.405 e. The highest BCUT2D eigenvalue weighted by atomic mass is 32.1. The number of hydrogen-bond acceptors (Lipinski definition) is 24. The van der Waals surface area contributed by atoms with Crippen molar-refractivity contribution in [3.63, 3.8) is 0 Å². The molecule has 0 aliphatic carbocycles. The highest BCUT2D eigenvalue weighted by Crippen LogP contribution is 2.36. The van der Waals surface area contributed by atoms with Gasteiger partial charge in [0.25, 0.3) is 0 Å². The number of piperazine rings is 4. The number of nitrogen functional groups attached to an aromatic ring is 4. The third-order valence-electron chi connectivity index (χ3n) is 18.7.